The maximum absolute atomic E-state index is 5.29. The Bertz CT molecular complexity index is 947. The fourth-order valence-corrected chi connectivity index (χ4v) is 3.32. The predicted molar refractivity (Wildman–Crippen MR) is 110 cm³/mol. The van der Waals surface area contributed by atoms with Gasteiger partial charge in [0.15, 0.2) is 0 Å². The zero-order valence-corrected chi connectivity index (χ0v) is 15.5. The number of para-hydroxylation sites is 2. The van der Waals surface area contributed by atoms with Crippen molar-refractivity contribution in [2.24, 2.45) is 4.99 Å². The van der Waals surface area contributed by atoms with Gasteiger partial charge in [0, 0.05) is 6.42 Å². The normalized spacial score (nSPS) is 15.8. The lowest BCUT2D eigenvalue weighted by Crippen LogP contribution is -2.14. The van der Waals surface area contributed by atoms with Crippen LogP contribution in [0.2, 0.25) is 0 Å². The fourth-order valence-electron chi connectivity index (χ4n) is 3.32. The second-order valence-corrected chi connectivity index (χ2v) is 6.48. The minimum Gasteiger partial charge on any atom is -0.497 e. The standard InChI is InChI=1S/C23H22N2O2/c1-26-18-11-7-16(8-12-18)22-15-23(17-9-13-19(27-2)14-10-17)25-21-6-4-3-5-20(21)24-22/h3-14,22,24H,15H2,1-2H3/t22-/m1/s1. The average Bonchev–Trinajstić information content (AvgIpc) is 2.93. The highest BCUT2D eigenvalue weighted by atomic mass is 16.5. The van der Waals surface area contributed by atoms with Gasteiger partial charge >= 0.3 is 0 Å². The first-order valence-electron chi connectivity index (χ1n) is 8.98. The van der Waals surface area contributed by atoms with Gasteiger partial charge < -0.3 is 14.8 Å². The number of nitrogens with zero attached hydrogens (tertiary/aromatic N) is 1. The topological polar surface area (TPSA) is 42.8 Å². The number of hydrogen-bond donors (Lipinski definition) is 1. The molecule has 0 saturated heterocycles. The molecular weight excluding hydrogens is 336 g/mol. The first-order valence-corrected chi connectivity index (χ1v) is 8.98. The molecule has 0 aromatic heterocycles. The summed E-state index contributed by atoms with van der Waals surface area (Å²) in [6, 6.07) is 24.6. The predicted octanol–water partition coefficient (Wildman–Crippen LogP) is 5.38. The van der Waals surface area contributed by atoms with E-state index in [9.17, 15) is 0 Å². The largest absolute Gasteiger partial charge is 0.497 e. The Balaban J connectivity index is 1.73. The fraction of sp³-hybridized carbons (Fsp3) is 0.174. The quantitative estimate of drug-likeness (QED) is 0.681. The van der Waals surface area contributed by atoms with Gasteiger partial charge in [-0.05, 0) is 59.7 Å². The van der Waals surface area contributed by atoms with Crippen LogP contribution in [0.1, 0.15) is 23.6 Å². The molecule has 4 heteroatoms. The zero-order chi connectivity index (χ0) is 18.6. The molecule has 0 bridgehead atoms. The first kappa shape index (κ1) is 17.2. The first-order chi connectivity index (χ1) is 13.3. The highest BCUT2D eigenvalue weighted by Gasteiger charge is 2.21. The monoisotopic (exact) mass is 358 g/mol. The van der Waals surface area contributed by atoms with Crippen LogP contribution in [-0.4, -0.2) is 19.9 Å². The summed E-state index contributed by atoms with van der Waals surface area (Å²) in [5, 5.41) is 3.66. The summed E-state index contributed by atoms with van der Waals surface area (Å²) >= 11 is 0. The Morgan fingerprint density at radius 3 is 2.11 bits per heavy atom. The molecule has 1 aliphatic rings. The van der Waals surface area contributed by atoms with Crippen molar-refractivity contribution in [2.75, 3.05) is 19.5 Å². The van der Waals surface area contributed by atoms with E-state index >= 15 is 0 Å². The Kier molecular flexibility index (Phi) is 4.79. The summed E-state index contributed by atoms with van der Waals surface area (Å²) in [6.45, 7) is 0. The highest BCUT2D eigenvalue weighted by Crippen LogP contribution is 2.35. The van der Waals surface area contributed by atoms with E-state index in [4.69, 9.17) is 14.5 Å². The molecular formula is C23H22N2O2. The molecule has 4 rings (SSSR count). The third-order valence-electron chi connectivity index (χ3n) is 4.83. The second-order valence-electron chi connectivity index (χ2n) is 6.48. The van der Waals surface area contributed by atoms with Gasteiger partial charge in [-0.3, -0.25) is 4.99 Å². The van der Waals surface area contributed by atoms with Crippen LogP contribution in [-0.2, 0) is 0 Å². The molecule has 1 heterocycles. The number of methoxy groups -OCH3 is 2. The third-order valence-corrected chi connectivity index (χ3v) is 4.83. The Morgan fingerprint density at radius 2 is 1.44 bits per heavy atom. The second kappa shape index (κ2) is 7.54. The summed E-state index contributed by atoms with van der Waals surface area (Å²) in [5.74, 6) is 1.70. The maximum atomic E-state index is 5.29. The van der Waals surface area contributed by atoms with Gasteiger partial charge in [0.1, 0.15) is 11.5 Å². The molecule has 0 unspecified atom stereocenters. The molecule has 0 saturated carbocycles. The lowest BCUT2D eigenvalue weighted by atomic mass is 9.97. The molecule has 4 nitrogen and oxygen atoms in total. The molecule has 27 heavy (non-hydrogen) atoms. The highest BCUT2D eigenvalue weighted by molar-refractivity contribution is 6.04. The molecule has 0 amide bonds. The van der Waals surface area contributed by atoms with Crippen LogP contribution in [0.4, 0.5) is 11.4 Å². The van der Waals surface area contributed by atoms with Gasteiger partial charge in [-0.1, -0.05) is 24.3 Å². The summed E-state index contributed by atoms with van der Waals surface area (Å²) in [4.78, 5) is 4.96. The lowest BCUT2D eigenvalue weighted by Gasteiger charge is -2.19. The van der Waals surface area contributed by atoms with Crippen molar-refractivity contribution in [3.63, 3.8) is 0 Å². The van der Waals surface area contributed by atoms with Gasteiger partial charge in [0.2, 0.25) is 0 Å². The number of aliphatic imine (C=N–C) groups is 1. The summed E-state index contributed by atoms with van der Waals surface area (Å²) in [6.07, 6.45) is 0.785. The molecule has 136 valence electrons. The van der Waals surface area contributed by atoms with E-state index in [0.29, 0.717) is 0 Å². The van der Waals surface area contributed by atoms with E-state index in [0.717, 1.165) is 40.6 Å². The van der Waals surface area contributed by atoms with Crippen LogP contribution in [0.3, 0.4) is 0 Å². The van der Waals surface area contributed by atoms with Crippen LogP contribution in [0.25, 0.3) is 0 Å². The zero-order valence-electron chi connectivity index (χ0n) is 15.5. The van der Waals surface area contributed by atoms with Crippen LogP contribution in [0.5, 0.6) is 11.5 Å². The van der Waals surface area contributed by atoms with E-state index in [-0.39, 0.29) is 6.04 Å². The minimum absolute atomic E-state index is 0.125. The number of anilines is 1. The Labute approximate surface area is 159 Å². The van der Waals surface area contributed by atoms with Crippen molar-refractivity contribution in [1.82, 2.24) is 0 Å². The molecule has 1 aliphatic heterocycles. The van der Waals surface area contributed by atoms with E-state index in [2.05, 4.69) is 35.6 Å². The molecule has 1 atom stereocenters. The Hall–Kier alpha value is -3.27. The SMILES string of the molecule is COc1ccc(C2=Nc3ccccc3N[C@@H](c3ccc(OC)cc3)C2)cc1. The molecule has 0 spiro atoms. The van der Waals surface area contributed by atoms with E-state index < -0.39 is 0 Å². The number of benzene rings is 3. The third kappa shape index (κ3) is 3.65. The van der Waals surface area contributed by atoms with Gasteiger partial charge in [0.05, 0.1) is 37.3 Å². The number of ether oxygens (including phenoxy) is 2. The molecule has 3 aromatic carbocycles. The van der Waals surface area contributed by atoms with Crippen LogP contribution in [0, 0.1) is 0 Å². The number of nitrogens with one attached hydrogen (secondary N) is 1. The van der Waals surface area contributed by atoms with Gasteiger partial charge in [0.25, 0.3) is 0 Å². The summed E-state index contributed by atoms with van der Waals surface area (Å²) in [5.41, 5.74) is 5.36. The molecule has 0 radical (unpaired) electrons. The van der Waals surface area contributed by atoms with Crippen molar-refractivity contribution < 1.29 is 9.47 Å². The number of fused-ring (bicyclic) bond motifs is 1. The van der Waals surface area contributed by atoms with Crippen LogP contribution < -0.4 is 14.8 Å². The minimum atomic E-state index is 0.125. The lowest BCUT2D eigenvalue weighted by molar-refractivity contribution is 0.414. The van der Waals surface area contributed by atoms with Gasteiger partial charge in [-0.2, -0.15) is 0 Å². The van der Waals surface area contributed by atoms with Crippen molar-refractivity contribution >= 4 is 17.1 Å². The maximum Gasteiger partial charge on any atom is 0.118 e. The van der Waals surface area contributed by atoms with Crippen LogP contribution in [0.15, 0.2) is 77.8 Å². The molecule has 3 aromatic rings. The number of rotatable bonds is 4. The molecule has 1 N–H and O–H groups in total. The Morgan fingerprint density at radius 1 is 0.815 bits per heavy atom. The molecule has 0 aliphatic carbocycles. The smallest absolute Gasteiger partial charge is 0.118 e. The summed E-state index contributed by atoms with van der Waals surface area (Å²) < 4.78 is 10.6. The van der Waals surface area contributed by atoms with Crippen molar-refractivity contribution in [3.8, 4) is 11.5 Å². The van der Waals surface area contributed by atoms with Gasteiger partial charge in [-0.15, -0.1) is 0 Å². The van der Waals surface area contributed by atoms with Crippen molar-refractivity contribution in [1.29, 1.82) is 0 Å². The van der Waals surface area contributed by atoms with Crippen LogP contribution >= 0.6 is 0 Å². The van der Waals surface area contributed by atoms with E-state index in [1.807, 2.05) is 42.5 Å². The molecule has 0 fully saturated rings. The van der Waals surface area contributed by atoms with Gasteiger partial charge in [-0.25, -0.2) is 0 Å². The number of hydrogen-bond acceptors (Lipinski definition) is 4. The summed E-state index contributed by atoms with van der Waals surface area (Å²) in [7, 11) is 3.36. The van der Waals surface area contributed by atoms with Crippen molar-refractivity contribution in [3.05, 3.63) is 83.9 Å². The average molecular weight is 358 g/mol. The van der Waals surface area contributed by atoms with E-state index in [1.165, 1.54) is 5.56 Å². The van der Waals surface area contributed by atoms with Crippen molar-refractivity contribution in [2.45, 2.75) is 12.5 Å². The van der Waals surface area contributed by atoms with E-state index in [1.54, 1.807) is 14.2 Å².